The van der Waals surface area contributed by atoms with Gasteiger partial charge in [-0.1, -0.05) is 29.8 Å². The van der Waals surface area contributed by atoms with E-state index in [-0.39, 0.29) is 23.6 Å². The maximum absolute atomic E-state index is 12.6. The summed E-state index contributed by atoms with van der Waals surface area (Å²) in [6, 6.07) is 15.5. The zero-order chi connectivity index (χ0) is 25.5. The van der Waals surface area contributed by atoms with Gasteiger partial charge in [0.2, 0.25) is 0 Å². The van der Waals surface area contributed by atoms with Crippen LogP contribution in [-0.4, -0.2) is 23.0 Å². The maximum Gasteiger partial charge on any atom is 0.273 e. The number of carbonyl (C=O) groups excluding carboxylic acids is 1. The van der Waals surface area contributed by atoms with Gasteiger partial charge in [0, 0.05) is 16.7 Å². The fourth-order valence-corrected chi connectivity index (χ4v) is 3.74. The first-order valence-electron chi connectivity index (χ1n) is 9.87. The molecule has 3 rings (SSSR count). The largest absolute Gasteiger partial charge is 0.506 e. The summed E-state index contributed by atoms with van der Waals surface area (Å²) in [4.78, 5) is 22.7. The number of nitro groups is 1. The minimum absolute atomic E-state index is 0.0798. The van der Waals surface area contributed by atoms with E-state index in [4.69, 9.17) is 21.1 Å². The molecule has 0 fully saturated rings. The highest BCUT2D eigenvalue weighted by Crippen LogP contribution is 2.38. The molecule has 0 aliphatic heterocycles. The summed E-state index contributed by atoms with van der Waals surface area (Å²) >= 11 is 9.60. The predicted molar refractivity (Wildman–Crippen MR) is 133 cm³/mol. The second-order valence-corrected chi connectivity index (χ2v) is 8.26. The zero-order valence-electron chi connectivity index (χ0n) is 18.1. The summed E-state index contributed by atoms with van der Waals surface area (Å²) in [5.41, 5.74) is 0.541. The normalized spacial score (nSPS) is 10.9. The molecule has 0 atom stereocenters. The van der Waals surface area contributed by atoms with Crippen molar-refractivity contribution in [2.45, 2.75) is 6.61 Å². The molecule has 0 aromatic heterocycles. The highest BCUT2D eigenvalue weighted by molar-refractivity contribution is 9.10. The van der Waals surface area contributed by atoms with Crippen LogP contribution in [0.4, 0.5) is 11.4 Å². The molecule has 0 bridgehead atoms. The fraction of sp³-hybridized carbons (Fsp3) is 0.0833. The van der Waals surface area contributed by atoms with Gasteiger partial charge < -0.3 is 19.9 Å². The lowest BCUT2D eigenvalue weighted by Crippen LogP contribution is -2.13. The average Bonchev–Trinajstić information content (AvgIpc) is 2.83. The molecule has 3 aromatic rings. The maximum atomic E-state index is 12.6. The standard InChI is InChI=1S/C24H17BrClN3O6/c1-34-22-10-14(9-18(25)23(22)35-13-15-4-2-3-5-19(15)26)8-16(12-27)24(31)28-20-7-6-17(29(32)33)11-21(20)30/h2-11,30H,13H2,1H3,(H,28,31). The van der Waals surface area contributed by atoms with E-state index in [1.54, 1.807) is 24.3 Å². The van der Waals surface area contributed by atoms with E-state index in [9.17, 15) is 25.3 Å². The second-order valence-electron chi connectivity index (χ2n) is 7.00. The van der Waals surface area contributed by atoms with Crippen LogP contribution in [-0.2, 0) is 11.4 Å². The Balaban J connectivity index is 1.83. The molecule has 0 aliphatic carbocycles. The molecule has 0 heterocycles. The third-order valence-electron chi connectivity index (χ3n) is 4.70. The molecule has 0 spiro atoms. The number of nitrogens with one attached hydrogen (secondary N) is 1. The van der Waals surface area contributed by atoms with Crippen LogP contribution in [0.5, 0.6) is 17.2 Å². The average molecular weight is 559 g/mol. The quantitative estimate of drug-likeness (QED) is 0.116. The van der Waals surface area contributed by atoms with Crippen molar-refractivity contribution in [2.75, 3.05) is 12.4 Å². The lowest BCUT2D eigenvalue weighted by atomic mass is 10.1. The minimum atomic E-state index is -0.814. The third kappa shape index (κ3) is 6.29. The lowest BCUT2D eigenvalue weighted by molar-refractivity contribution is -0.384. The number of nitriles is 1. The number of methoxy groups -OCH3 is 1. The number of ether oxygens (including phenoxy) is 2. The Morgan fingerprint density at radius 2 is 2.03 bits per heavy atom. The first kappa shape index (κ1) is 25.6. The molecule has 2 N–H and O–H groups in total. The number of nitro benzene ring substituents is 1. The van der Waals surface area contributed by atoms with Gasteiger partial charge in [-0.2, -0.15) is 5.26 Å². The number of carbonyl (C=O) groups is 1. The number of nitrogens with zero attached hydrogens (tertiary/aromatic N) is 2. The number of amides is 1. The van der Waals surface area contributed by atoms with E-state index in [1.807, 2.05) is 18.2 Å². The van der Waals surface area contributed by atoms with Gasteiger partial charge in [0.25, 0.3) is 11.6 Å². The van der Waals surface area contributed by atoms with Crippen LogP contribution in [0.25, 0.3) is 6.08 Å². The number of aromatic hydroxyl groups is 1. The molecule has 178 valence electrons. The lowest BCUT2D eigenvalue weighted by Gasteiger charge is -2.14. The first-order valence-corrected chi connectivity index (χ1v) is 11.0. The number of anilines is 1. The van der Waals surface area contributed by atoms with Gasteiger partial charge in [0.1, 0.15) is 24.0 Å². The molecule has 11 heteroatoms. The van der Waals surface area contributed by atoms with Gasteiger partial charge in [-0.15, -0.1) is 0 Å². The van der Waals surface area contributed by atoms with Crippen LogP contribution >= 0.6 is 27.5 Å². The van der Waals surface area contributed by atoms with Crippen molar-refractivity contribution in [3.63, 3.8) is 0 Å². The van der Waals surface area contributed by atoms with Crippen molar-refractivity contribution in [3.8, 4) is 23.3 Å². The van der Waals surface area contributed by atoms with Crippen molar-refractivity contribution < 1.29 is 24.3 Å². The first-order chi connectivity index (χ1) is 16.7. The molecule has 35 heavy (non-hydrogen) atoms. The molecule has 1 amide bonds. The summed E-state index contributed by atoms with van der Waals surface area (Å²) in [5.74, 6) is -0.563. The molecular weight excluding hydrogens is 542 g/mol. The van der Waals surface area contributed by atoms with E-state index in [2.05, 4.69) is 21.2 Å². The summed E-state index contributed by atoms with van der Waals surface area (Å²) in [6.07, 6.45) is 1.32. The molecule has 0 aliphatic rings. The molecule has 0 unspecified atom stereocenters. The van der Waals surface area contributed by atoms with Gasteiger partial charge in [0.05, 0.1) is 28.3 Å². The smallest absolute Gasteiger partial charge is 0.273 e. The zero-order valence-corrected chi connectivity index (χ0v) is 20.5. The van der Waals surface area contributed by atoms with E-state index in [0.29, 0.717) is 26.6 Å². The SMILES string of the molecule is COc1cc(C=C(C#N)C(=O)Nc2ccc([N+](=O)[O-])cc2O)cc(Br)c1OCc1ccccc1Cl. The van der Waals surface area contributed by atoms with Gasteiger partial charge in [-0.25, -0.2) is 0 Å². The van der Waals surface area contributed by atoms with E-state index in [0.717, 1.165) is 17.7 Å². The topological polar surface area (TPSA) is 135 Å². The van der Waals surface area contributed by atoms with Gasteiger partial charge in [-0.3, -0.25) is 14.9 Å². The van der Waals surface area contributed by atoms with Crippen LogP contribution in [0.3, 0.4) is 0 Å². The Kier molecular flexibility index (Phi) is 8.30. The molecule has 0 radical (unpaired) electrons. The monoisotopic (exact) mass is 557 g/mol. The summed E-state index contributed by atoms with van der Waals surface area (Å²) in [7, 11) is 1.45. The summed E-state index contributed by atoms with van der Waals surface area (Å²) in [6.45, 7) is 0.189. The summed E-state index contributed by atoms with van der Waals surface area (Å²) < 4.78 is 11.8. The van der Waals surface area contributed by atoms with Crippen molar-refractivity contribution >= 4 is 50.9 Å². The van der Waals surface area contributed by atoms with Crippen molar-refractivity contribution in [2.24, 2.45) is 0 Å². The van der Waals surface area contributed by atoms with Gasteiger partial charge in [-0.05, 0) is 51.8 Å². The third-order valence-corrected chi connectivity index (χ3v) is 5.66. The molecule has 0 saturated heterocycles. The van der Waals surface area contributed by atoms with Crippen LogP contribution in [0.15, 0.2) is 64.6 Å². The van der Waals surface area contributed by atoms with Crippen LogP contribution < -0.4 is 14.8 Å². The number of phenols is 1. The highest BCUT2D eigenvalue weighted by Gasteiger charge is 2.17. The number of hydrogen-bond acceptors (Lipinski definition) is 7. The number of hydrogen-bond donors (Lipinski definition) is 2. The van der Waals surface area contributed by atoms with E-state index >= 15 is 0 Å². The number of non-ortho nitro benzene ring substituents is 1. The van der Waals surface area contributed by atoms with Gasteiger partial charge >= 0.3 is 0 Å². The Morgan fingerprint density at radius 3 is 2.66 bits per heavy atom. The number of rotatable bonds is 8. The molecule has 9 nitrogen and oxygen atoms in total. The van der Waals surface area contributed by atoms with Crippen molar-refractivity contribution in [1.29, 1.82) is 5.26 Å². The Morgan fingerprint density at radius 1 is 1.29 bits per heavy atom. The number of halogens is 2. The van der Waals surface area contributed by atoms with E-state index < -0.39 is 16.6 Å². The Bertz CT molecular complexity index is 1370. The van der Waals surface area contributed by atoms with Crippen LogP contribution in [0.2, 0.25) is 5.02 Å². The molecule has 3 aromatic carbocycles. The highest BCUT2D eigenvalue weighted by atomic mass is 79.9. The molecular formula is C24H17BrClN3O6. The summed E-state index contributed by atoms with van der Waals surface area (Å²) in [5, 5.41) is 33.2. The fourth-order valence-electron chi connectivity index (χ4n) is 2.97. The molecule has 0 saturated carbocycles. The Hall–Kier alpha value is -4.07. The van der Waals surface area contributed by atoms with Crippen molar-refractivity contribution in [1.82, 2.24) is 0 Å². The number of benzene rings is 3. The van der Waals surface area contributed by atoms with Crippen molar-refractivity contribution in [3.05, 3.63) is 90.9 Å². The van der Waals surface area contributed by atoms with Crippen LogP contribution in [0, 0.1) is 21.4 Å². The van der Waals surface area contributed by atoms with E-state index in [1.165, 1.54) is 19.3 Å². The number of phenolic OH excluding ortho intramolecular Hbond substituents is 1. The predicted octanol–water partition coefficient (Wildman–Crippen LogP) is 5.85. The van der Waals surface area contributed by atoms with Gasteiger partial charge in [0.15, 0.2) is 11.5 Å². The second kappa shape index (κ2) is 11.4. The minimum Gasteiger partial charge on any atom is -0.506 e. The van der Waals surface area contributed by atoms with Crippen LogP contribution in [0.1, 0.15) is 11.1 Å². The Labute approximate surface area is 213 Å².